The quantitative estimate of drug-likeness (QED) is 0.743. The number of amides is 1. The average Bonchev–Trinajstić information content (AvgIpc) is 3.24. The summed E-state index contributed by atoms with van der Waals surface area (Å²) in [6.07, 6.45) is 1.84. The number of H-pyrrole nitrogens is 1. The molecule has 2 aromatic heterocycles. The van der Waals surface area contributed by atoms with Gasteiger partial charge in [0, 0.05) is 26.1 Å². The molecule has 0 radical (unpaired) electrons. The molecular weight excluding hydrogens is 332 g/mol. The summed E-state index contributed by atoms with van der Waals surface area (Å²) in [5, 5.41) is 17.5. The van der Waals surface area contributed by atoms with Gasteiger partial charge in [-0.05, 0) is 37.5 Å². The van der Waals surface area contributed by atoms with E-state index in [1.54, 1.807) is 0 Å². The predicted octanol–water partition coefficient (Wildman–Crippen LogP) is 1.51. The normalized spacial score (nSPS) is 17.8. The number of carbonyl (C=O) groups is 1. The average molecular weight is 354 g/mol. The topological polar surface area (TPSA) is 99.9 Å². The molecule has 3 aromatic rings. The predicted molar refractivity (Wildman–Crippen MR) is 95.6 cm³/mol. The molecule has 1 aliphatic heterocycles. The molecule has 1 atom stereocenters. The standard InChI is InChI=1S/C18H22N6O2/c1-11-5-6-13-14(8-11)20-16(19-13)18(26)24-7-3-4-12(9-24)17-22-21-15(10-25)23(17)2/h5-6,8,12,25H,3-4,7,9-10H2,1-2H3,(H,19,20)/t12-/m0/s1. The van der Waals surface area contributed by atoms with E-state index >= 15 is 0 Å². The summed E-state index contributed by atoms with van der Waals surface area (Å²) >= 11 is 0. The van der Waals surface area contributed by atoms with E-state index in [1.807, 2.05) is 41.6 Å². The maximum absolute atomic E-state index is 12.9. The van der Waals surface area contributed by atoms with Crippen molar-refractivity contribution in [3.05, 3.63) is 41.2 Å². The Bertz CT molecular complexity index is 960. The van der Waals surface area contributed by atoms with Gasteiger partial charge >= 0.3 is 0 Å². The summed E-state index contributed by atoms with van der Waals surface area (Å²) in [5.41, 5.74) is 2.80. The third kappa shape index (κ3) is 2.86. The van der Waals surface area contributed by atoms with Gasteiger partial charge in [-0.3, -0.25) is 4.79 Å². The smallest absolute Gasteiger partial charge is 0.289 e. The molecule has 0 bridgehead atoms. The number of aryl methyl sites for hydroxylation is 1. The minimum absolute atomic E-state index is 0.0897. The van der Waals surface area contributed by atoms with Crippen LogP contribution in [0.2, 0.25) is 0 Å². The van der Waals surface area contributed by atoms with E-state index in [1.165, 1.54) is 0 Å². The highest BCUT2D eigenvalue weighted by Gasteiger charge is 2.30. The molecule has 0 unspecified atom stereocenters. The SMILES string of the molecule is Cc1ccc2nc(C(=O)N3CCC[C@H](c4nnc(CO)n4C)C3)[nH]c2c1. The molecule has 1 aromatic carbocycles. The summed E-state index contributed by atoms with van der Waals surface area (Å²) in [4.78, 5) is 22.3. The van der Waals surface area contributed by atoms with Crippen LogP contribution >= 0.6 is 0 Å². The molecule has 0 aliphatic carbocycles. The Morgan fingerprint density at radius 3 is 3.00 bits per heavy atom. The van der Waals surface area contributed by atoms with E-state index in [0.717, 1.165) is 35.3 Å². The molecule has 136 valence electrons. The summed E-state index contributed by atoms with van der Waals surface area (Å²) in [6, 6.07) is 5.90. The van der Waals surface area contributed by atoms with E-state index in [0.29, 0.717) is 24.7 Å². The number of likely N-dealkylation sites (tertiary alicyclic amines) is 1. The molecule has 1 aliphatic rings. The number of aliphatic hydroxyl groups is 1. The zero-order valence-electron chi connectivity index (χ0n) is 14.9. The van der Waals surface area contributed by atoms with E-state index in [4.69, 9.17) is 0 Å². The van der Waals surface area contributed by atoms with E-state index < -0.39 is 0 Å². The van der Waals surface area contributed by atoms with Crippen molar-refractivity contribution in [3.8, 4) is 0 Å². The Morgan fingerprint density at radius 2 is 2.23 bits per heavy atom. The van der Waals surface area contributed by atoms with Gasteiger partial charge in [0.2, 0.25) is 0 Å². The molecule has 26 heavy (non-hydrogen) atoms. The number of benzene rings is 1. The van der Waals surface area contributed by atoms with Gasteiger partial charge in [0.1, 0.15) is 12.4 Å². The fourth-order valence-electron chi connectivity index (χ4n) is 3.62. The molecule has 1 fully saturated rings. The van der Waals surface area contributed by atoms with Crippen LogP contribution in [0.4, 0.5) is 0 Å². The number of aromatic nitrogens is 5. The van der Waals surface area contributed by atoms with Crippen molar-refractivity contribution in [2.24, 2.45) is 7.05 Å². The fourth-order valence-corrected chi connectivity index (χ4v) is 3.62. The van der Waals surface area contributed by atoms with Crippen LogP contribution in [0.15, 0.2) is 18.2 Å². The Kier molecular flexibility index (Phi) is 4.20. The maximum Gasteiger partial charge on any atom is 0.289 e. The molecule has 8 nitrogen and oxygen atoms in total. The highest BCUT2D eigenvalue weighted by atomic mass is 16.3. The second-order valence-corrected chi connectivity index (χ2v) is 6.89. The summed E-state index contributed by atoms with van der Waals surface area (Å²) in [6.45, 7) is 3.15. The monoisotopic (exact) mass is 354 g/mol. The fraction of sp³-hybridized carbons (Fsp3) is 0.444. The van der Waals surface area contributed by atoms with E-state index in [9.17, 15) is 9.90 Å². The lowest BCUT2D eigenvalue weighted by Crippen LogP contribution is -2.40. The maximum atomic E-state index is 12.9. The molecule has 2 N–H and O–H groups in total. The minimum Gasteiger partial charge on any atom is -0.388 e. The first-order valence-electron chi connectivity index (χ1n) is 8.81. The number of nitrogens with one attached hydrogen (secondary N) is 1. The minimum atomic E-state index is -0.142. The molecule has 0 spiro atoms. The largest absolute Gasteiger partial charge is 0.388 e. The van der Waals surface area contributed by atoms with E-state index in [-0.39, 0.29) is 18.4 Å². The zero-order valence-corrected chi connectivity index (χ0v) is 14.9. The van der Waals surface area contributed by atoms with Crippen molar-refractivity contribution in [2.45, 2.75) is 32.3 Å². The van der Waals surface area contributed by atoms with Crippen LogP contribution in [0.5, 0.6) is 0 Å². The number of rotatable bonds is 3. The van der Waals surface area contributed by atoms with Crippen LogP contribution in [0, 0.1) is 6.92 Å². The van der Waals surface area contributed by atoms with E-state index in [2.05, 4.69) is 20.2 Å². The molecule has 8 heteroatoms. The lowest BCUT2D eigenvalue weighted by atomic mass is 9.97. The van der Waals surface area contributed by atoms with Crippen LogP contribution in [0.25, 0.3) is 11.0 Å². The van der Waals surface area contributed by atoms with Gasteiger partial charge in [-0.15, -0.1) is 10.2 Å². The Labute approximate surface area is 150 Å². The van der Waals surface area contributed by atoms with Crippen molar-refractivity contribution < 1.29 is 9.90 Å². The molecule has 1 amide bonds. The molecule has 3 heterocycles. The first-order chi connectivity index (χ1) is 12.6. The lowest BCUT2D eigenvalue weighted by Gasteiger charge is -2.31. The van der Waals surface area contributed by atoms with Gasteiger partial charge in [0.05, 0.1) is 11.0 Å². The lowest BCUT2D eigenvalue weighted by molar-refractivity contribution is 0.0692. The number of aromatic amines is 1. The van der Waals surface area contributed by atoms with Crippen molar-refractivity contribution in [3.63, 3.8) is 0 Å². The number of imidazole rings is 1. The van der Waals surface area contributed by atoms with Gasteiger partial charge in [-0.2, -0.15) is 0 Å². The van der Waals surface area contributed by atoms with Crippen molar-refractivity contribution in [2.75, 3.05) is 13.1 Å². The highest BCUT2D eigenvalue weighted by molar-refractivity contribution is 5.94. The first kappa shape index (κ1) is 16.7. The molecule has 4 rings (SSSR count). The van der Waals surface area contributed by atoms with Crippen molar-refractivity contribution in [1.82, 2.24) is 29.6 Å². The van der Waals surface area contributed by atoms with Crippen LogP contribution in [0.1, 0.15) is 46.6 Å². The van der Waals surface area contributed by atoms with Crippen LogP contribution in [-0.4, -0.2) is 53.7 Å². The van der Waals surface area contributed by atoms with Gasteiger partial charge in [0.15, 0.2) is 11.6 Å². The van der Waals surface area contributed by atoms with Crippen LogP contribution in [0.3, 0.4) is 0 Å². The van der Waals surface area contributed by atoms with Gasteiger partial charge in [-0.1, -0.05) is 6.07 Å². The summed E-state index contributed by atoms with van der Waals surface area (Å²) < 4.78 is 1.82. The van der Waals surface area contributed by atoms with Crippen molar-refractivity contribution in [1.29, 1.82) is 0 Å². The Hall–Kier alpha value is -2.74. The third-order valence-electron chi connectivity index (χ3n) is 5.05. The highest BCUT2D eigenvalue weighted by Crippen LogP contribution is 2.27. The number of aliphatic hydroxyl groups excluding tert-OH is 1. The number of fused-ring (bicyclic) bond motifs is 1. The first-order valence-corrected chi connectivity index (χ1v) is 8.81. The summed E-state index contributed by atoms with van der Waals surface area (Å²) in [7, 11) is 1.85. The second-order valence-electron chi connectivity index (χ2n) is 6.89. The summed E-state index contributed by atoms with van der Waals surface area (Å²) in [5.74, 6) is 1.74. The number of hydrogen-bond acceptors (Lipinski definition) is 5. The van der Waals surface area contributed by atoms with Crippen molar-refractivity contribution >= 4 is 16.9 Å². The van der Waals surface area contributed by atoms with Gasteiger partial charge in [0.25, 0.3) is 5.91 Å². The molecule has 1 saturated heterocycles. The number of piperidine rings is 1. The zero-order chi connectivity index (χ0) is 18.3. The Balaban J connectivity index is 1.56. The number of nitrogens with zero attached hydrogens (tertiary/aromatic N) is 5. The third-order valence-corrected chi connectivity index (χ3v) is 5.05. The van der Waals surface area contributed by atoms with Crippen LogP contribution in [-0.2, 0) is 13.7 Å². The number of hydrogen-bond donors (Lipinski definition) is 2. The molecule has 0 saturated carbocycles. The molecular formula is C18H22N6O2. The Morgan fingerprint density at radius 1 is 1.38 bits per heavy atom. The van der Waals surface area contributed by atoms with Gasteiger partial charge in [-0.25, -0.2) is 4.98 Å². The number of carbonyl (C=O) groups excluding carboxylic acids is 1. The van der Waals surface area contributed by atoms with Gasteiger partial charge < -0.3 is 19.6 Å². The van der Waals surface area contributed by atoms with Crippen LogP contribution < -0.4 is 0 Å². The second kappa shape index (κ2) is 6.53.